The molecule has 1 aliphatic rings. The average molecular weight is 425 g/mol. The molecule has 6 nitrogen and oxygen atoms in total. The van der Waals surface area contributed by atoms with Gasteiger partial charge in [0.1, 0.15) is 5.82 Å². The molecule has 0 bridgehead atoms. The maximum absolute atomic E-state index is 13.9. The maximum Gasteiger partial charge on any atom is 0.411 e. The molecule has 2 unspecified atom stereocenters. The molecule has 8 heteroatoms. The number of nitrogens with one attached hydrogen (secondary N) is 2. The number of fused-ring (bicyclic) bond motifs is 1. The number of hydrogen-bond donors (Lipinski definition) is 2. The summed E-state index contributed by atoms with van der Waals surface area (Å²) < 4.78 is 19.5. The number of rotatable bonds is 4. The molecule has 30 heavy (non-hydrogen) atoms. The van der Waals surface area contributed by atoms with Crippen molar-refractivity contribution in [1.29, 1.82) is 0 Å². The minimum atomic E-state index is -0.786. The molecule has 0 fully saturated rings. The normalized spacial score (nSPS) is 18.2. The van der Waals surface area contributed by atoms with Crippen LogP contribution in [0.3, 0.4) is 0 Å². The van der Waals surface area contributed by atoms with Crippen LogP contribution in [0.4, 0.5) is 20.6 Å². The van der Waals surface area contributed by atoms with Gasteiger partial charge in [-0.25, -0.2) is 14.2 Å². The lowest BCUT2D eigenvalue weighted by molar-refractivity contribution is -0.120. The first-order valence-electron chi connectivity index (χ1n) is 9.51. The second-order valence-electron chi connectivity index (χ2n) is 6.98. The zero-order valence-electron chi connectivity index (χ0n) is 16.2. The standard InChI is InChI=1S/C22H20FN3O3S/c1-29-22(28)26-18-12-13(10-11-16(18)23)24-20(27)14-6-2-3-7-15(14)21-25-17-8-4-5-9-19(17)30-21/h2-5,8-12,14-15H,6-7H2,1H3,(H,24,27)(H,26,28). The highest BCUT2D eigenvalue weighted by Gasteiger charge is 2.32. The summed E-state index contributed by atoms with van der Waals surface area (Å²) in [6, 6.07) is 11.9. The number of amides is 2. The van der Waals surface area contributed by atoms with E-state index < -0.39 is 11.9 Å². The molecule has 0 saturated carbocycles. The molecule has 1 aromatic heterocycles. The smallest absolute Gasteiger partial charge is 0.411 e. The number of halogens is 1. The van der Waals surface area contributed by atoms with Crippen LogP contribution >= 0.6 is 11.3 Å². The Hall–Kier alpha value is -3.26. The number of hydrogen-bond acceptors (Lipinski definition) is 5. The van der Waals surface area contributed by atoms with Crippen molar-refractivity contribution in [2.75, 3.05) is 17.7 Å². The van der Waals surface area contributed by atoms with E-state index in [0.29, 0.717) is 12.1 Å². The number of thiazole rings is 1. The van der Waals surface area contributed by atoms with Crippen LogP contribution in [0.2, 0.25) is 0 Å². The van der Waals surface area contributed by atoms with E-state index in [1.165, 1.54) is 25.3 Å². The van der Waals surface area contributed by atoms with Crippen LogP contribution in [0.5, 0.6) is 0 Å². The molecule has 0 radical (unpaired) electrons. The van der Waals surface area contributed by atoms with Crippen LogP contribution in [-0.4, -0.2) is 24.1 Å². The van der Waals surface area contributed by atoms with Crippen molar-refractivity contribution < 1.29 is 18.7 Å². The fourth-order valence-corrected chi connectivity index (χ4v) is 4.67. The second-order valence-corrected chi connectivity index (χ2v) is 8.04. The Morgan fingerprint density at radius 1 is 1.13 bits per heavy atom. The van der Waals surface area contributed by atoms with E-state index >= 15 is 0 Å². The van der Waals surface area contributed by atoms with Gasteiger partial charge in [0.2, 0.25) is 5.91 Å². The molecule has 1 heterocycles. The van der Waals surface area contributed by atoms with Crippen LogP contribution in [0.25, 0.3) is 10.2 Å². The topological polar surface area (TPSA) is 80.3 Å². The third kappa shape index (κ3) is 4.18. The van der Waals surface area contributed by atoms with E-state index in [9.17, 15) is 14.0 Å². The first kappa shape index (κ1) is 20.0. The molecule has 0 saturated heterocycles. The number of para-hydroxylation sites is 1. The summed E-state index contributed by atoms with van der Waals surface area (Å²) in [6.07, 6.45) is 4.63. The summed E-state index contributed by atoms with van der Waals surface area (Å²) in [5.74, 6) is -1.11. The van der Waals surface area contributed by atoms with E-state index in [1.54, 1.807) is 11.3 Å². The van der Waals surface area contributed by atoms with Crippen molar-refractivity contribution in [2.24, 2.45) is 5.92 Å². The van der Waals surface area contributed by atoms with Crippen LogP contribution < -0.4 is 10.6 Å². The van der Waals surface area contributed by atoms with Gasteiger partial charge in [0.15, 0.2) is 0 Å². The first-order chi connectivity index (χ1) is 14.5. The van der Waals surface area contributed by atoms with E-state index in [2.05, 4.69) is 21.4 Å². The molecule has 2 N–H and O–H groups in total. The average Bonchev–Trinajstić information content (AvgIpc) is 3.20. The lowest BCUT2D eigenvalue weighted by Crippen LogP contribution is -2.29. The molecule has 154 valence electrons. The van der Waals surface area contributed by atoms with Crippen LogP contribution in [0.1, 0.15) is 23.8 Å². The molecule has 4 rings (SSSR count). The Morgan fingerprint density at radius 3 is 2.73 bits per heavy atom. The Labute approximate surface area is 176 Å². The molecule has 1 aliphatic carbocycles. The van der Waals surface area contributed by atoms with E-state index in [1.807, 2.05) is 30.3 Å². The zero-order valence-corrected chi connectivity index (χ0v) is 17.0. The van der Waals surface area contributed by atoms with Crippen molar-refractivity contribution in [3.63, 3.8) is 0 Å². The van der Waals surface area contributed by atoms with Crippen molar-refractivity contribution >= 4 is 44.9 Å². The molecule has 0 aliphatic heterocycles. The molecule has 2 aromatic carbocycles. The summed E-state index contributed by atoms with van der Waals surface area (Å²) in [6.45, 7) is 0. The molecular formula is C22H20FN3O3S. The quantitative estimate of drug-likeness (QED) is 0.556. The van der Waals surface area contributed by atoms with Gasteiger partial charge in [-0.15, -0.1) is 11.3 Å². The summed E-state index contributed by atoms with van der Waals surface area (Å²) in [5.41, 5.74) is 1.26. The predicted molar refractivity (Wildman–Crippen MR) is 115 cm³/mol. The second kappa shape index (κ2) is 8.62. The Morgan fingerprint density at radius 2 is 1.93 bits per heavy atom. The van der Waals surface area contributed by atoms with Gasteiger partial charge in [-0.05, 0) is 43.2 Å². The monoisotopic (exact) mass is 425 g/mol. The number of nitrogens with zero attached hydrogens (tertiary/aromatic N) is 1. The van der Waals surface area contributed by atoms with Crippen LogP contribution in [0.15, 0.2) is 54.6 Å². The molecule has 3 aromatic rings. The number of carbonyl (C=O) groups is 2. The van der Waals surface area contributed by atoms with Crippen LogP contribution in [0, 0.1) is 11.7 Å². The van der Waals surface area contributed by atoms with Crippen molar-refractivity contribution in [3.8, 4) is 0 Å². The Bertz CT molecular complexity index is 1090. The van der Waals surface area contributed by atoms with E-state index in [0.717, 1.165) is 21.6 Å². The summed E-state index contributed by atoms with van der Waals surface area (Å²) >= 11 is 1.61. The van der Waals surface area contributed by atoms with Gasteiger partial charge in [-0.3, -0.25) is 10.1 Å². The van der Waals surface area contributed by atoms with Gasteiger partial charge >= 0.3 is 6.09 Å². The number of anilines is 2. The molecule has 2 amide bonds. The van der Waals surface area contributed by atoms with Gasteiger partial charge in [-0.2, -0.15) is 0 Å². The molecule has 2 atom stereocenters. The van der Waals surface area contributed by atoms with Crippen LogP contribution in [-0.2, 0) is 9.53 Å². The van der Waals surface area contributed by atoms with Gasteiger partial charge in [-0.1, -0.05) is 24.3 Å². The number of allylic oxidation sites excluding steroid dienone is 2. The number of benzene rings is 2. The van der Waals surface area contributed by atoms with E-state index in [-0.39, 0.29) is 23.4 Å². The van der Waals surface area contributed by atoms with Crippen molar-refractivity contribution in [1.82, 2.24) is 4.98 Å². The highest BCUT2D eigenvalue weighted by Crippen LogP contribution is 2.39. The zero-order chi connectivity index (χ0) is 21.1. The Balaban J connectivity index is 1.55. The fourth-order valence-electron chi connectivity index (χ4n) is 3.52. The van der Waals surface area contributed by atoms with E-state index in [4.69, 9.17) is 4.98 Å². The fraction of sp³-hybridized carbons (Fsp3) is 0.227. The minimum absolute atomic E-state index is 0.0273. The Kier molecular flexibility index (Phi) is 5.76. The number of ether oxygens (including phenoxy) is 1. The molecular weight excluding hydrogens is 405 g/mol. The first-order valence-corrected chi connectivity index (χ1v) is 10.3. The van der Waals surface area contributed by atoms with Gasteiger partial charge in [0.05, 0.1) is 33.9 Å². The number of methoxy groups -OCH3 is 1. The number of carbonyl (C=O) groups excluding carboxylic acids is 2. The summed E-state index contributed by atoms with van der Waals surface area (Å²) in [7, 11) is 1.19. The van der Waals surface area contributed by atoms with Gasteiger partial charge < -0.3 is 10.1 Å². The SMILES string of the molecule is COC(=O)Nc1cc(NC(=O)C2CC=CCC2c2nc3ccccc3s2)ccc1F. The number of aromatic nitrogens is 1. The summed E-state index contributed by atoms with van der Waals surface area (Å²) in [4.78, 5) is 29.2. The lowest BCUT2D eigenvalue weighted by Gasteiger charge is -2.26. The van der Waals surface area contributed by atoms with Gasteiger partial charge in [0, 0.05) is 11.6 Å². The summed E-state index contributed by atoms with van der Waals surface area (Å²) in [5, 5.41) is 6.08. The largest absolute Gasteiger partial charge is 0.453 e. The molecule has 0 spiro atoms. The third-order valence-electron chi connectivity index (χ3n) is 5.05. The van der Waals surface area contributed by atoms with Gasteiger partial charge in [0.25, 0.3) is 0 Å². The predicted octanol–water partition coefficient (Wildman–Crippen LogP) is 5.30. The third-order valence-corrected chi connectivity index (χ3v) is 6.22. The maximum atomic E-state index is 13.9. The highest BCUT2D eigenvalue weighted by atomic mass is 32.1. The van der Waals surface area contributed by atoms with Crippen molar-refractivity contribution in [2.45, 2.75) is 18.8 Å². The minimum Gasteiger partial charge on any atom is -0.453 e. The highest BCUT2D eigenvalue weighted by molar-refractivity contribution is 7.18. The van der Waals surface area contributed by atoms with Crippen molar-refractivity contribution in [3.05, 3.63) is 65.4 Å². The lowest BCUT2D eigenvalue weighted by atomic mass is 9.82.